The van der Waals surface area contributed by atoms with Crippen molar-refractivity contribution in [2.24, 2.45) is 0 Å². The summed E-state index contributed by atoms with van der Waals surface area (Å²) in [6.45, 7) is 0.387. The summed E-state index contributed by atoms with van der Waals surface area (Å²) in [5, 5.41) is 3.60. The van der Waals surface area contributed by atoms with E-state index in [-0.39, 0.29) is 17.5 Å². The summed E-state index contributed by atoms with van der Waals surface area (Å²) in [7, 11) is 0. The molecule has 0 fully saturated rings. The van der Waals surface area contributed by atoms with Gasteiger partial charge < -0.3 is 10.1 Å². The number of thioether (sulfide) groups is 1. The van der Waals surface area contributed by atoms with Gasteiger partial charge in [0.15, 0.2) is 5.75 Å². The first-order valence-corrected chi connectivity index (χ1v) is 8.67. The summed E-state index contributed by atoms with van der Waals surface area (Å²) in [6, 6.07) is 10.8. The molecule has 7 heteroatoms. The fourth-order valence-corrected chi connectivity index (χ4v) is 2.83. The average Bonchev–Trinajstić information content (AvgIpc) is 2.52. The number of ether oxygens (including phenoxy) is 1. The van der Waals surface area contributed by atoms with Crippen molar-refractivity contribution in [3.63, 3.8) is 0 Å². The number of rotatable bonds is 7. The predicted octanol–water partition coefficient (Wildman–Crippen LogP) is 4.88. The van der Waals surface area contributed by atoms with Crippen LogP contribution in [0.2, 0.25) is 10.0 Å². The molecular weight excluding hydrogens is 360 g/mol. The fourth-order valence-electron chi connectivity index (χ4n) is 1.72. The van der Waals surface area contributed by atoms with Crippen molar-refractivity contribution >= 4 is 46.6 Å². The average molecular weight is 374 g/mol. The molecule has 0 heterocycles. The number of anilines is 1. The van der Waals surface area contributed by atoms with Crippen LogP contribution in [0.25, 0.3) is 0 Å². The molecule has 0 bridgehead atoms. The van der Waals surface area contributed by atoms with Crippen molar-refractivity contribution in [3.8, 4) is 5.75 Å². The lowest BCUT2D eigenvalue weighted by Gasteiger charge is -2.09. The van der Waals surface area contributed by atoms with Gasteiger partial charge in [-0.05, 0) is 36.4 Å². The van der Waals surface area contributed by atoms with Crippen LogP contribution in [-0.2, 0) is 4.79 Å². The van der Waals surface area contributed by atoms with E-state index >= 15 is 0 Å². The molecule has 0 aliphatic carbocycles. The van der Waals surface area contributed by atoms with Crippen LogP contribution in [0.15, 0.2) is 42.5 Å². The SMILES string of the molecule is O=C(CSCCOc1c(Cl)cccc1Cl)Nc1ccc(F)cc1. The summed E-state index contributed by atoms with van der Waals surface area (Å²) in [5.41, 5.74) is 0.566. The molecule has 1 amide bonds. The van der Waals surface area contributed by atoms with Crippen LogP contribution in [0.1, 0.15) is 0 Å². The lowest BCUT2D eigenvalue weighted by molar-refractivity contribution is -0.113. The molecule has 2 rings (SSSR count). The molecule has 3 nitrogen and oxygen atoms in total. The third-order valence-corrected chi connectivity index (χ3v) is 4.27. The van der Waals surface area contributed by atoms with E-state index in [1.807, 2.05) is 0 Å². The Labute approximate surface area is 148 Å². The molecule has 122 valence electrons. The molecular formula is C16H14Cl2FNO2S. The fraction of sp³-hybridized carbons (Fsp3) is 0.188. The first kappa shape index (κ1) is 17.9. The Kier molecular flexibility index (Phi) is 7.02. The number of benzene rings is 2. The van der Waals surface area contributed by atoms with Crippen molar-refractivity contribution in [1.82, 2.24) is 0 Å². The molecule has 0 aromatic heterocycles. The smallest absolute Gasteiger partial charge is 0.234 e. The maximum atomic E-state index is 12.8. The second-order valence-corrected chi connectivity index (χ2v) is 6.43. The molecule has 0 saturated heterocycles. The molecule has 0 atom stereocenters. The van der Waals surface area contributed by atoms with Crippen molar-refractivity contribution in [3.05, 3.63) is 58.3 Å². The zero-order chi connectivity index (χ0) is 16.7. The first-order chi connectivity index (χ1) is 11.1. The minimum absolute atomic E-state index is 0.155. The second kappa shape index (κ2) is 9.01. The standard InChI is InChI=1S/C16H14Cl2FNO2S/c17-13-2-1-3-14(18)16(13)22-8-9-23-10-15(21)20-12-6-4-11(19)5-7-12/h1-7H,8-10H2,(H,20,21). The zero-order valence-electron chi connectivity index (χ0n) is 12.0. The molecule has 23 heavy (non-hydrogen) atoms. The Bertz CT molecular complexity index is 647. The number of nitrogens with one attached hydrogen (secondary N) is 1. The molecule has 2 aromatic rings. The Morgan fingerprint density at radius 3 is 2.43 bits per heavy atom. The maximum absolute atomic E-state index is 12.8. The Morgan fingerprint density at radius 2 is 1.78 bits per heavy atom. The molecule has 1 N–H and O–H groups in total. The summed E-state index contributed by atoms with van der Waals surface area (Å²) >= 11 is 13.4. The van der Waals surface area contributed by atoms with Crippen molar-refractivity contribution in [2.45, 2.75) is 0 Å². The number of halogens is 3. The second-order valence-electron chi connectivity index (χ2n) is 4.51. The summed E-state index contributed by atoms with van der Waals surface area (Å²) in [4.78, 5) is 11.7. The van der Waals surface area contributed by atoms with Crippen LogP contribution < -0.4 is 10.1 Å². The van der Waals surface area contributed by atoms with Crippen molar-refractivity contribution in [2.75, 3.05) is 23.4 Å². The zero-order valence-corrected chi connectivity index (χ0v) is 14.3. The van der Waals surface area contributed by atoms with Gasteiger partial charge in [-0.2, -0.15) is 0 Å². The van der Waals surface area contributed by atoms with Crippen LogP contribution >= 0.6 is 35.0 Å². The van der Waals surface area contributed by atoms with E-state index < -0.39 is 0 Å². The van der Waals surface area contributed by atoms with Crippen molar-refractivity contribution < 1.29 is 13.9 Å². The summed E-state index contributed by atoms with van der Waals surface area (Å²) in [6.07, 6.45) is 0. The van der Waals surface area contributed by atoms with Gasteiger partial charge in [-0.15, -0.1) is 11.8 Å². The van der Waals surface area contributed by atoms with Gasteiger partial charge in [0.1, 0.15) is 5.82 Å². The number of amides is 1. The van der Waals surface area contributed by atoms with Crippen LogP contribution in [0.3, 0.4) is 0 Å². The Hall–Kier alpha value is -1.43. The van der Waals surface area contributed by atoms with Crippen LogP contribution in [0.5, 0.6) is 5.75 Å². The van der Waals surface area contributed by atoms with Gasteiger partial charge in [0.2, 0.25) is 5.91 Å². The van der Waals surface area contributed by atoms with E-state index in [1.165, 1.54) is 36.0 Å². The number of hydrogen-bond acceptors (Lipinski definition) is 3. The number of para-hydroxylation sites is 1. The van der Waals surface area contributed by atoms with Crippen LogP contribution in [0, 0.1) is 5.82 Å². The Balaban J connectivity index is 1.67. The van der Waals surface area contributed by atoms with E-state index in [9.17, 15) is 9.18 Å². The lowest BCUT2D eigenvalue weighted by atomic mass is 10.3. The third kappa shape index (κ3) is 5.94. The van der Waals surface area contributed by atoms with Gasteiger partial charge in [0.25, 0.3) is 0 Å². The first-order valence-electron chi connectivity index (χ1n) is 6.76. The normalized spacial score (nSPS) is 10.4. The molecule has 0 aliphatic rings. The van der Waals surface area contributed by atoms with E-state index in [1.54, 1.807) is 18.2 Å². The molecule has 0 saturated carbocycles. The minimum atomic E-state index is -0.340. The van der Waals surface area contributed by atoms with Gasteiger partial charge in [0, 0.05) is 11.4 Å². The van der Waals surface area contributed by atoms with Gasteiger partial charge in [-0.3, -0.25) is 4.79 Å². The summed E-state index contributed by atoms with van der Waals surface area (Å²) in [5.74, 6) is 0.840. The third-order valence-electron chi connectivity index (χ3n) is 2.75. The minimum Gasteiger partial charge on any atom is -0.490 e. The van der Waals surface area contributed by atoms with Gasteiger partial charge in [-0.1, -0.05) is 29.3 Å². The van der Waals surface area contributed by atoms with E-state index in [0.29, 0.717) is 33.8 Å². The highest BCUT2D eigenvalue weighted by Crippen LogP contribution is 2.32. The van der Waals surface area contributed by atoms with Crippen LogP contribution in [-0.4, -0.2) is 24.0 Å². The van der Waals surface area contributed by atoms with E-state index in [4.69, 9.17) is 27.9 Å². The van der Waals surface area contributed by atoms with E-state index in [2.05, 4.69) is 5.32 Å². The molecule has 0 aliphatic heterocycles. The Morgan fingerprint density at radius 1 is 1.13 bits per heavy atom. The number of carbonyl (C=O) groups excluding carboxylic acids is 1. The number of carbonyl (C=O) groups is 1. The molecule has 2 aromatic carbocycles. The highest BCUT2D eigenvalue weighted by Gasteiger charge is 2.07. The largest absolute Gasteiger partial charge is 0.490 e. The van der Waals surface area contributed by atoms with Crippen molar-refractivity contribution in [1.29, 1.82) is 0 Å². The van der Waals surface area contributed by atoms with Crippen LogP contribution in [0.4, 0.5) is 10.1 Å². The number of hydrogen-bond donors (Lipinski definition) is 1. The molecule has 0 unspecified atom stereocenters. The monoisotopic (exact) mass is 373 g/mol. The highest BCUT2D eigenvalue weighted by molar-refractivity contribution is 7.99. The lowest BCUT2D eigenvalue weighted by Crippen LogP contribution is -2.15. The quantitative estimate of drug-likeness (QED) is 0.702. The molecule has 0 radical (unpaired) electrons. The summed E-state index contributed by atoms with van der Waals surface area (Å²) < 4.78 is 18.3. The van der Waals surface area contributed by atoms with Gasteiger partial charge in [-0.25, -0.2) is 4.39 Å². The van der Waals surface area contributed by atoms with E-state index in [0.717, 1.165) is 0 Å². The van der Waals surface area contributed by atoms with Gasteiger partial charge >= 0.3 is 0 Å². The maximum Gasteiger partial charge on any atom is 0.234 e. The van der Waals surface area contributed by atoms with Gasteiger partial charge in [0.05, 0.1) is 22.4 Å². The molecule has 0 spiro atoms. The highest BCUT2D eigenvalue weighted by atomic mass is 35.5. The predicted molar refractivity (Wildman–Crippen MR) is 94.3 cm³/mol. The topological polar surface area (TPSA) is 38.3 Å².